The minimum Gasteiger partial charge on any atom is -0.399 e. The van der Waals surface area contributed by atoms with E-state index >= 15 is 0 Å². The van der Waals surface area contributed by atoms with Crippen molar-refractivity contribution in [2.24, 2.45) is 0 Å². The molecule has 5 rings (SSSR count). The van der Waals surface area contributed by atoms with Gasteiger partial charge in [-0.2, -0.15) is 0 Å². The van der Waals surface area contributed by atoms with Crippen LogP contribution in [-0.2, 0) is 9.31 Å². The van der Waals surface area contributed by atoms with Crippen LogP contribution >= 0.6 is 15.9 Å². The van der Waals surface area contributed by atoms with Crippen molar-refractivity contribution in [1.82, 2.24) is 10.6 Å². The molecule has 3 saturated heterocycles. The van der Waals surface area contributed by atoms with Crippen LogP contribution in [0.15, 0.2) is 53.0 Å². The van der Waals surface area contributed by atoms with Crippen molar-refractivity contribution in [2.45, 2.75) is 38.9 Å². The molecule has 2 aromatic carbocycles. The Morgan fingerprint density at radius 1 is 0.771 bits per heavy atom. The number of anilines is 2. The van der Waals surface area contributed by atoms with E-state index < -0.39 is 0 Å². The van der Waals surface area contributed by atoms with Gasteiger partial charge < -0.3 is 19.9 Å². The van der Waals surface area contributed by atoms with Gasteiger partial charge in [0.2, 0.25) is 0 Å². The van der Waals surface area contributed by atoms with Crippen molar-refractivity contribution in [1.29, 1.82) is 0 Å². The largest absolute Gasteiger partial charge is 0.494 e. The van der Waals surface area contributed by atoms with Crippen LogP contribution in [0.25, 0.3) is 0 Å². The zero-order valence-corrected chi connectivity index (χ0v) is 22.1. The van der Waals surface area contributed by atoms with Crippen molar-refractivity contribution in [3.8, 4) is 0 Å². The molecule has 0 bridgehead atoms. The van der Waals surface area contributed by atoms with Crippen molar-refractivity contribution in [2.75, 3.05) is 36.0 Å². The number of nitrogens with zero attached hydrogens (tertiary/aromatic N) is 2. The Labute approximate surface area is 217 Å². The molecule has 11 heteroatoms. The van der Waals surface area contributed by atoms with E-state index in [-0.39, 0.29) is 38.8 Å². The summed E-state index contributed by atoms with van der Waals surface area (Å²) in [5, 5.41) is 5.55. The van der Waals surface area contributed by atoms with Gasteiger partial charge in [-0.15, -0.1) is 0 Å². The number of amides is 4. The first-order valence-corrected chi connectivity index (χ1v) is 12.2. The molecule has 0 unspecified atom stereocenters. The number of halogens is 1. The molecule has 3 aliphatic rings. The first kappa shape index (κ1) is 27.1. The molecule has 35 heavy (non-hydrogen) atoms. The van der Waals surface area contributed by atoms with Crippen molar-refractivity contribution in [3.05, 3.63) is 53.0 Å². The van der Waals surface area contributed by atoms with Gasteiger partial charge in [0.05, 0.1) is 11.2 Å². The van der Waals surface area contributed by atoms with Crippen LogP contribution in [0.2, 0.25) is 0 Å². The average Bonchev–Trinajstić information content (AvgIpc) is 3.47. The molecule has 0 saturated carbocycles. The lowest BCUT2D eigenvalue weighted by Crippen LogP contribution is -2.41. The average molecular weight is 540 g/mol. The van der Waals surface area contributed by atoms with Gasteiger partial charge >= 0.3 is 19.2 Å². The van der Waals surface area contributed by atoms with Crippen LogP contribution < -0.4 is 25.9 Å². The summed E-state index contributed by atoms with van der Waals surface area (Å²) in [6.45, 7) is 11.0. The van der Waals surface area contributed by atoms with E-state index in [4.69, 9.17) is 9.31 Å². The Morgan fingerprint density at radius 2 is 1.17 bits per heavy atom. The first-order valence-electron chi connectivity index (χ1n) is 11.4. The number of nitrogens with one attached hydrogen (secondary N) is 2. The van der Waals surface area contributed by atoms with Crippen molar-refractivity contribution >= 4 is 60.4 Å². The minimum atomic E-state index is -0.364. The summed E-state index contributed by atoms with van der Waals surface area (Å²) in [4.78, 5) is 26.4. The molecule has 183 valence electrons. The molecule has 3 aliphatic heterocycles. The van der Waals surface area contributed by atoms with Gasteiger partial charge in [-0.05, 0) is 69.6 Å². The highest BCUT2D eigenvalue weighted by Gasteiger charge is 2.51. The Balaban J connectivity index is 0.000000211. The zero-order valence-electron chi connectivity index (χ0n) is 20.5. The van der Waals surface area contributed by atoms with E-state index in [1.807, 2.05) is 76.2 Å². The molecular weight excluding hydrogens is 510 g/mol. The third kappa shape index (κ3) is 5.85. The van der Waals surface area contributed by atoms with E-state index in [1.165, 1.54) is 0 Å². The first-order chi connectivity index (χ1) is 16.1. The molecular formula is C24H30B2BrN4O4. The summed E-state index contributed by atoms with van der Waals surface area (Å²) in [5.41, 5.74) is 2.12. The predicted octanol–water partition coefficient (Wildman–Crippen LogP) is 3.11. The van der Waals surface area contributed by atoms with E-state index in [9.17, 15) is 9.59 Å². The van der Waals surface area contributed by atoms with Gasteiger partial charge in [0.1, 0.15) is 0 Å². The lowest BCUT2D eigenvalue weighted by Gasteiger charge is -2.32. The lowest BCUT2D eigenvalue weighted by atomic mass is 9.79. The number of carbonyl (C=O) groups excluding carboxylic acids is 2. The van der Waals surface area contributed by atoms with Gasteiger partial charge in [0.25, 0.3) is 0 Å². The summed E-state index contributed by atoms with van der Waals surface area (Å²) in [5.74, 6) is 0. The van der Waals surface area contributed by atoms with Gasteiger partial charge in [0, 0.05) is 50.4 Å². The van der Waals surface area contributed by atoms with Crippen LogP contribution in [0.5, 0.6) is 0 Å². The van der Waals surface area contributed by atoms with Gasteiger partial charge in [-0.1, -0.05) is 28.1 Å². The molecule has 0 aromatic heterocycles. The SMILES string of the molecule is CC1(C)OB(c2ccc(N3CCNC3=O)cc2)OC1(C)C.O=C1NCCN1c1ccc(Br)cc1.[B]. The number of benzene rings is 2. The van der Waals surface area contributed by atoms with Gasteiger partial charge in [-0.3, -0.25) is 9.80 Å². The predicted molar refractivity (Wildman–Crippen MR) is 144 cm³/mol. The molecule has 0 atom stereocenters. The third-order valence-electron chi connectivity index (χ3n) is 6.58. The second-order valence-electron chi connectivity index (χ2n) is 9.42. The fourth-order valence-corrected chi connectivity index (χ4v) is 4.11. The Hall–Kier alpha value is -2.49. The van der Waals surface area contributed by atoms with Crippen LogP contribution in [0.1, 0.15) is 27.7 Å². The Bertz CT molecular complexity index is 1030. The molecule has 2 N–H and O–H groups in total. The maximum Gasteiger partial charge on any atom is 0.494 e. The van der Waals surface area contributed by atoms with Crippen LogP contribution in [0.4, 0.5) is 21.0 Å². The molecule has 3 radical (unpaired) electrons. The molecule has 2 aromatic rings. The summed E-state index contributed by atoms with van der Waals surface area (Å²) >= 11 is 3.35. The maximum atomic E-state index is 11.7. The molecule has 0 spiro atoms. The normalized spacial score (nSPS) is 20.1. The van der Waals surface area contributed by atoms with Crippen LogP contribution in [0, 0.1) is 0 Å². The van der Waals surface area contributed by atoms with Crippen LogP contribution in [0.3, 0.4) is 0 Å². The number of rotatable bonds is 3. The van der Waals surface area contributed by atoms with E-state index in [0.717, 1.165) is 34.4 Å². The van der Waals surface area contributed by atoms with Crippen molar-refractivity contribution in [3.63, 3.8) is 0 Å². The maximum absolute atomic E-state index is 11.7. The highest BCUT2D eigenvalue weighted by atomic mass is 79.9. The number of carbonyl (C=O) groups is 2. The number of hydrogen-bond acceptors (Lipinski definition) is 4. The molecule has 8 nitrogen and oxygen atoms in total. The number of hydrogen-bond donors (Lipinski definition) is 2. The van der Waals surface area contributed by atoms with Gasteiger partial charge in [-0.25, -0.2) is 9.59 Å². The molecule has 3 heterocycles. The standard InChI is InChI=1S/C15H21BN2O3.C9H9BrN2O.B/c1-14(2)15(3,4)21-16(20-14)11-5-7-12(8-6-11)18-10-9-17-13(18)19;10-7-1-3-8(4-2-7)12-6-5-11-9(12)13;/h5-8H,9-10H2,1-4H3,(H,17,19);1-4H,5-6H2,(H,11,13);. The van der Waals surface area contributed by atoms with Crippen molar-refractivity contribution < 1.29 is 18.9 Å². The monoisotopic (exact) mass is 539 g/mol. The van der Waals surface area contributed by atoms with Crippen LogP contribution in [-0.4, -0.2) is 65.0 Å². The summed E-state index contributed by atoms with van der Waals surface area (Å²) in [6, 6.07) is 15.5. The summed E-state index contributed by atoms with van der Waals surface area (Å²) in [6.07, 6.45) is 0. The smallest absolute Gasteiger partial charge is 0.399 e. The highest BCUT2D eigenvalue weighted by molar-refractivity contribution is 9.10. The lowest BCUT2D eigenvalue weighted by molar-refractivity contribution is 0.00578. The molecule has 4 amide bonds. The van der Waals surface area contributed by atoms with E-state index in [1.54, 1.807) is 9.80 Å². The molecule has 0 aliphatic carbocycles. The minimum absolute atomic E-state index is 0. The quantitative estimate of drug-likeness (QED) is 0.587. The Kier molecular flexibility index (Phi) is 8.24. The zero-order chi connectivity index (χ0) is 24.5. The third-order valence-corrected chi connectivity index (χ3v) is 7.11. The fraction of sp³-hybridized carbons (Fsp3) is 0.417. The van der Waals surface area contributed by atoms with Gasteiger partial charge in [0.15, 0.2) is 0 Å². The summed E-state index contributed by atoms with van der Waals surface area (Å²) in [7, 11) is -0.364. The number of urea groups is 2. The second kappa shape index (κ2) is 10.6. The molecule has 3 fully saturated rings. The second-order valence-corrected chi connectivity index (χ2v) is 10.3. The topological polar surface area (TPSA) is 83.1 Å². The Morgan fingerprint density at radius 3 is 1.54 bits per heavy atom. The van der Waals surface area contributed by atoms with E-state index in [0.29, 0.717) is 13.1 Å². The fourth-order valence-electron chi connectivity index (χ4n) is 3.85. The summed E-state index contributed by atoms with van der Waals surface area (Å²) < 4.78 is 13.1. The highest BCUT2D eigenvalue weighted by Crippen LogP contribution is 2.36. The van der Waals surface area contributed by atoms with E-state index in [2.05, 4.69) is 26.6 Å².